The van der Waals surface area contributed by atoms with Crippen LogP contribution in [0.5, 0.6) is 0 Å². The maximum atomic E-state index is 3.70. The molecule has 1 nitrogen and oxygen atoms in total. The Morgan fingerprint density at radius 1 is 1.19 bits per heavy atom. The summed E-state index contributed by atoms with van der Waals surface area (Å²) in [5.74, 6) is 0. The third-order valence-electron chi connectivity index (χ3n) is 3.58. The number of hydrogen-bond acceptors (Lipinski definition) is 2. The van der Waals surface area contributed by atoms with Crippen LogP contribution < -0.4 is 5.32 Å². The van der Waals surface area contributed by atoms with E-state index in [0.29, 0.717) is 6.04 Å². The highest BCUT2D eigenvalue weighted by molar-refractivity contribution is 9.10. The molecule has 21 heavy (non-hydrogen) atoms. The molecule has 0 fully saturated rings. The predicted molar refractivity (Wildman–Crippen MR) is 100 cm³/mol. The minimum atomic E-state index is 0.366. The molecule has 0 bridgehead atoms. The van der Waals surface area contributed by atoms with Crippen LogP contribution >= 0.6 is 43.2 Å². The number of rotatable bonds is 6. The Morgan fingerprint density at radius 3 is 2.38 bits per heavy atom. The molecule has 0 spiro atoms. The lowest BCUT2D eigenvalue weighted by Gasteiger charge is -2.20. The minimum absolute atomic E-state index is 0.366. The van der Waals surface area contributed by atoms with Crippen molar-refractivity contribution in [3.05, 3.63) is 54.1 Å². The molecule has 0 saturated heterocycles. The van der Waals surface area contributed by atoms with E-state index in [9.17, 15) is 0 Å². The van der Waals surface area contributed by atoms with Crippen LogP contribution in [0.4, 0.5) is 0 Å². The van der Waals surface area contributed by atoms with E-state index in [2.05, 4.69) is 81.5 Å². The molecular weight excluding hydrogens is 410 g/mol. The number of hydrogen-bond donors (Lipinski definition) is 1. The van der Waals surface area contributed by atoms with E-state index in [0.717, 1.165) is 19.4 Å². The Morgan fingerprint density at radius 2 is 1.86 bits per heavy atom. The van der Waals surface area contributed by atoms with Gasteiger partial charge in [-0.15, -0.1) is 11.3 Å². The minimum Gasteiger partial charge on any atom is -0.310 e. The standard InChI is InChI=1S/C17H21Br2NS/c1-4-6-20-15(10-16-14(18)5-7-21-16)13-8-11(2)17(19)12(3)9-13/h5,7-9,15,20H,4,6,10H2,1-3H3. The van der Waals surface area contributed by atoms with Gasteiger partial charge >= 0.3 is 0 Å². The van der Waals surface area contributed by atoms with Crippen molar-refractivity contribution in [3.63, 3.8) is 0 Å². The van der Waals surface area contributed by atoms with Crippen LogP contribution in [-0.4, -0.2) is 6.54 Å². The van der Waals surface area contributed by atoms with Crippen molar-refractivity contribution in [2.75, 3.05) is 6.54 Å². The molecular formula is C17H21Br2NS. The fraction of sp³-hybridized carbons (Fsp3) is 0.412. The van der Waals surface area contributed by atoms with Gasteiger partial charge in [-0.2, -0.15) is 0 Å². The summed E-state index contributed by atoms with van der Waals surface area (Å²) in [7, 11) is 0. The van der Waals surface area contributed by atoms with Gasteiger partial charge < -0.3 is 5.32 Å². The van der Waals surface area contributed by atoms with E-state index >= 15 is 0 Å². The van der Waals surface area contributed by atoms with Gasteiger partial charge in [0.1, 0.15) is 0 Å². The lowest BCUT2D eigenvalue weighted by atomic mass is 9.98. The zero-order valence-electron chi connectivity index (χ0n) is 12.7. The van der Waals surface area contributed by atoms with Crippen LogP contribution in [0.3, 0.4) is 0 Å². The van der Waals surface area contributed by atoms with Crippen LogP contribution in [0.2, 0.25) is 0 Å². The second kappa shape index (κ2) is 7.91. The summed E-state index contributed by atoms with van der Waals surface area (Å²) in [6.07, 6.45) is 2.18. The summed E-state index contributed by atoms with van der Waals surface area (Å²) in [6.45, 7) is 7.59. The Labute approximate surface area is 148 Å². The zero-order valence-corrected chi connectivity index (χ0v) is 16.7. The number of benzene rings is 1. The Balaban J connectivity index is 2.29. The maximum absolute atomic E-state index is 3.70. The second-order valence-electron chi connectivity index (χ2n) is 5.37. The van der Waals surface area contributed by atoms with Gasteiger partial charge in [-0.1, -0.05) is 35.0 Å². The van der Waals surface area contributed by atoms with Gasteiger partial charge in [-0.05, 0) is 70.9 Å². The van der Waals surface area contributed by atoms with Crippen molar-refractivity contribution in [2.24, 2.45) is 0 Å². The predicted octanol–water partition coefficient (Wildman–Crippen LogP) is 6.17. The second-order valence-corrected chi connectivity index (χ2v) is 8.02. The Bertz CT molecular complexity index is 584. The molecule has 0 amide bonds. The lowest BCUT2D eigenvalue weighted by molar-refractivity contribution is 0.531. The van der Waals surface area contributed by atoms with Crippen molar-refractivity contribution in [2.45, 2.75) is 39.7 Å². The fourth-order valence-corrected chi connectivity index (χ4v) is 4.25. The van der Waals surface area contributed by atoms with Crippen molar-refractivity contribution >= 4 is 43.2 Å². The summed E-state index contributed by atoms with van der Waals surface area (Å²) in [5.41, 5.74) is 3.99. The van der Waals surface area contributed by atoms with Gasteiger partial charge in [0, 0.05) is 26.3 Å². The normalized spacial score (nSPS) is 12.6. The molecule has 1 heterocycles. The molecule has 1 atom stereocenters. The van der Waals surface area contributed by atoms with Crippen LogP contribution in [-0.2, 0) is 6.42 Å². The highest BCUT2D eigenvalue weighted by Crippen LogP contribution is 2.31. The summed E-state index contributed by atoms with van der Waals surface area (Å²) in [5, 5.41) is 5.84. The third-order valence-corrected chi connectivity index (χ3v) is 6.78. The largest absolute Gasteiger partial charge is 0.310 e. The van der Waals surface area contributed by atoms with Gasteiger partial charge in [-0.3, -0.25) is 0 Å². The first-order chi connectivity index (χ1) is 10.0. The van der Waals surface area contributed by atoms with E-state index in [1.54, 1.807) is 0 Å². The molecule has 2 rings (SSSR count). The zero-order chi connectivity index (χ0) is 15.4. The molecule has 1 aromatic heterocycles. The monoisotopic (exact) mass is 429 g/mol. The van der Waals surface area contributed by atoms with E-state index in [-0.39, 0.29) is 0 Å². The van der Waals surface area contributed by atoms with E-state index in [1.165, 1.54) is 30.5 Å². The first kappa shape index (κ1) is 17.2. The van der Waals surface area contributed by atoms with Gasteiger partial charge in [0.05, 0.1) is 0 Å². The number of thiophene rings is 1. The highest BCUT2D eigenvalue weighted by atomic mass is 79.9. The van der Waals surface area contributed by atoms with Crippen molar-refractivity contribution in [1.82, 2.24) is 5.32 Å². The van der Waals surface area contributed by atoms with Crippen LogP contribution in [0, 0.1) is 13.8 Å². The molecule has 2 aromatic rings. The average molecular weight is 431 g/mol. The summed E-state index contributed by atoms with van der Waals surface area (Å²) >= 11 is 9.13. The topological polar surface area (TPSA) is 12.0 Å². The smallest absolute Gasteiger partial charge is 0.0369 e. The summed E-state index contributed by atoms with van der Waals surface area (Å²) < 4.78 is 2.44. The van der Waals surface area contributed by atoms with E-state index in [1.807, 2.05) is 11.3 Å². The number of nitrogens with one attached hydrogen (secondary N) is 1. The molecule has 0 radical (unpaired) electrons. The van der Waals surface area contributed by atoms with Gasteiger partial charge in [0.15, 0.2) is 0 Å². The molecule has 1 unspecified atom stereocenters. The average Bonchev–Trinajstić information content (AvgIpc) is 2.85. The lowest BCUT2D eigenvalue weighted by Crippen LogP contribution is -2.24. The van der Waals surface area contributed by atoms with Crippen LogP contribution in [0.1, 0.15) is 41.0 Å². The van der Waals surface area contributed by atoms with Gasteiger partial charge in [0.25, 0.3) is 0 Å². The van der Waals surface area contributed by atoms with Gasteiger partial charge in [0.2, 0.25) is 0 Å². The van der Waals surface area contributed by atoms with Crippen LogP contribution in [0.25, 0.3) is 0 Å². The first-order valence-corrected chi connectivity index (χ1v) is 9.71. The number of halogens is 2. The summed E-state index contributed by atoms with van der Waals surface area (Å²) in [4.78, 5) is 1.40. The number of aryl methyl sites for hydroxylation is 2. The molecule has 4 heteroatoms. The fourth-order valence-electron chi connectivity index (χ4n) is 2.46. The Kier molecular flexibility index (Phi) is 6.48. The molecule has 1 aromatic carbocycles. The third kappa shape index (κ3) is 4.41. The van der Waals surface area contributed by atoms with Crippen molar-refractivity contribution in [3.8, 4) is 0 Å². The SMILES string of the molecule is CCCNC(Cc1sccc1Br)c1cc(C)c(Br)c(C)c1. The van der Waals surface area contributed by atoms with Crippen molar-refractivity contribution < 1.29 is 0 Å². The summed E-state index contributed by atoms with van der Waals surface area (Å²) in [6, 6.07) is 7.10. The molecule has 0 saturated carbocycles. The van der Waals surface area contributed by atoms with E-state index in [4.69, 9.17) is 0 Å². The Hall–Kier alpha value is -0.160. The molecule has 114 valence electrons. The molecule has 0 aliphatic rings. The molecule has 0 aliphatic carbocycles. The van der Waals surface area contributed by atoms with Gasteiger partial charge in [-0.25, -0.2) is 0 Å². The highest BCUT2D eigenvalue weighted by Gasteiger charge is 2.16. The molecule has 1 N–H and O–H groups in total. The molecule has 0 aliphatic heterocycles. The van der Waals surface area contributed by atoms with E-state index < -0.39 is 0 Å². The van der Waals surface area contributed by atoms with Crippen LogP contribution in [0.15, 0.2) is 32.5 Å². The maximum Gasteiger partial charge on any atom is 0.0369 e. The first-order valence-electron chi connectivity index (χ1n) is 7.24. The quantitative estimate of drug-likeness (QED) is 0.577. The van der Waals surface area contributed by atoms with Crippen molar-refractivity contribution in [1.29, 1.82) is 0 Å².